The third-order valence-corrected chi connectivity index (χ3v) is 2.75. The third-order valence-electron chi connectivity index (χ3n) is 2.54. The fourth-order valence-electron chi connectivity index (χ4n) is 1.62. The van der Waals surface area contributed by atoms with Crippen LogP contribution in [-0.2, 0) is 6.54 Å². The highest BCUT2D eigenvalue weighted by atomic mass is 35.5. The monoisotopic (exact) mass is 245 g/mol. The van der Waals surface area contributed by atoms with E-state index in [4.69, 9.17) is 21.1 Å². The van der Waals surface area contributed by atoms with Gasteiger partial charge in [-0.1, -0.05) is 13.8 Å². The Hall–Kier alpha value is -0.510. The molecule has 2 N–H and O–H groups in total. The lowest BCUT2D eigenvalue weighted by atomic mass is 9.88. The number of nitrogens with one attached hydrogen (secondary N) is 1. The molecule has 0 radical (unpaired) electrons. The molecular formula is C12H20ClNO2. The molecular weight excluding hydrogens is 226 g/mol. The van der Waals surface area contributed by atoms with Crippen LogP contribution in [0.3, 0.4) is 0 Å². The van der Waals surface area contributed by atoms with E-state index in [2.05, 4.69) is 19.2 Å². The summed E-state index contributed by atoms with van der Waals surface area (Å²) in [6, 6.07) is 3.62. The van der Waals surface area contributed by atoms with Crippen molar-refractivity contribution in [3.63, 3.8) is 0 Å². The minimum Gasteiger partial charge on any atom is -0.448 e. The van der Waals surface area contributed by atoms with Gasteiger partial charge >= 0.3 is 0 Å². The van der Waals surface area contributed by atoms with Crippen molar-refractivity contribution in [3.8, 4) is 0 Å². The SMILES string of the molecule is CC(C)(CCCO)CNCc1ccc(Cl)o1. The summed E-state index contributed by atoms with van der Waals surface area (Å²) in [7, 11) is 0. The lowest BCUT2D eigenvalue weighted by Crippen LogP contribution is -2.29. The van der Waals surface area contributed by atoms with Crippen LogP contribution >= 0.6 is 11.6 Å². The Balaban J connectivity index is 2.24. The van der Waals surface area contributed by atoms with Crippen LogP contribution in [0.4, 0.5) is 0 Å². The average molecular weight is 246 g/mol. The Morgan fingerprint density at radius 2 is 2.19 bits per heavy atom. The molecule has 0 bridgehead atoms. The van der Waals surface area contributed by atoms with E-state index in [0.29, 0.717) is 11.8 Å². The molecule has 0 aliphatic carbocycles. The van der Waals surface area contributed by atoms with Gasteiger partial charge in [0.25, 0.3) is 0 Å². The molecule has 0 aromatic carbocycles. The van der Waals surface area contributed by atoms with E-state index in [9.17, 15) is 0 Å². The van der Waals surface area contributed by atoms with Gasteiger partial charge in [-0.05, 0) is 42.0 Å². The first-order valence-electron chi connectivity index (χ1n) is 5.59. The smallest absolute Gasteiger partial charge is 0.193 e. The Bertz CT molecular complexity index is 310. The number of rotatable bonds is 7. The summed E-state index contributed by atoms with van der Waals surface area (Å²) < 4.78 is 5.24. The lowest BCUT2D eigenvalue weighted by molar-refractivity contribution is 0.235. The van der Waals surface area contributed by atoms with Gasteiger partial charge in [0, 0.05) is 13.2 Å². The number of hydrogen-bond acceptors (Lipinski definition) is 3. The van der Waals surface area contributed by atoms with Gasteiger partial charge in [0.2, 0.25) is 0 Å². The molecule has 1 rings (SSSR count). The van der Waals surface area contributed by atoms with Crippen LogP contribution in [0, 0.1) is 5.41 Å². The van der Waals surface area contributed by atoms with Gasteiger partial charge in [-0.15, -0.1) is 0 Å². The standard InChI is InChI=1S/C12H20ClNO2/c1-12(2,6-3-7-15)9-14-8-10-4-5-11(13)16-10/h4-5,14-15H,3,6-9H2,1-2H3. The zero-order valence-electron chi connectivity index (χ0n) is 9.92. The molecule has 1 heterocycles. The van der Waals surface area contributed by atoms with Gasteiger partial charge in [0.15, 0.2) is 5.22 Å². The molecule has 0 fully saturated rings. The van der Waals surface area contributed by atoms with Gasteiger partial charge in [-0.2, -0.15) is 0 Å². The first-order valence-corrected chi connectivity index (χ1v) is 5.97. The van der Waals surface area contributed by atoms with E-state index < -0.39 is 0 Å². The van der Waals surface area contributed by atoms with Gasteiger partial charge in [-0.3, -0.25) is 0 Å². The van der Waals surface area contributed by atoms with E-state index >= 15 is 0 Å². The molecule has 1 aromatic heterocycles. The molecule has 0 saturated carbocycles. The predicted octanol–water partition coefficient (Wildman–Crippen LogP) is 2.82. The summed E-state index contributed by atoms with van der Waals surface area (Å²) >= 11 is 5.68. The average Bonchev–Trinajstić information content (AvgIpc) is 2.61. The summed E-state index contributed by atoms with van der Waals surface area (Å²) in [4.78, 5) is 0. The maximum Gasteiger partial charge on any atom is 0.193 e. The van der Waals surface area contributed by atoms with Crippen LogP contribution in [0.15, 0.2) is 16.5 Å². The summed E-state index contributed by atoms with van der Waals surface area (Å²) in [5.41, 5.74) is 0.194. The number of hydrogen-bond donors (Lipinski definition) is 2. The van der Waals surface area contributed by atoms with E-state index in [1.165, 1.54) is 0 Å². The van der Waals surface area contributed by atoms with Crippen molar-refractivity contribution >= 4 is 11.6 Å². The normalized spacial score (nSPS) is 12.0. The van der Waals surface area contributed by atoms with Gasteiger partial charge in [0.1, 0.15) is 5.76 Å². The highest BCUT2D eigenvalue weighted by molar-refractivity contribution is 6.28. The maximum atomic E-state index is 8.79. The second-order valence-corrected chi connectivity index (χ2v) is 5.17. The third kappa shape index (κ3) is 5.01. The summed E-state index contributed by atoms with van der Waals surface area (Å²) in [5, 5.41) is 12.5. The van der Waals surface area contributed by atoms with E-state index in [1.54, 1.807) is 6.07 Å². The zero-order valence-corrected chi connectivity index (χ0v) is 10.7. The van der Waals surface area contributed by atoms with Gasteiger partial charge < -0.3 is 14.8 Å². The van der Waals surface area contributed by atoms with Crippen molar-refractivity contribution in [1.29, 1.82) is 0 Å². The molecule has 0 amide bonds. The largest absolute Gasteiger partial charge is 0.448 e. The van der Waals surface area contributed by atoms with Crippen LogP contribution < -0.4 is 5.32 Å². The van der Waals surface area contributed by atoms with Crippen molar-refractivity contribution in [1.82, 2.24) is 5.32 Å². The van der Waals surface area contributed by atoms with Crippen LogP contribution in [0.1, 0.15) is 32.4 Å². The summed E-state index contributed by atoms with van der Waals surface area (Å²) in [6.45, 7) is 6.22. The van der Waals surface area contributed by atoms with Crippen molar-refractivity contribution in [2.75, 3.05) is 13.2 Å². The van der Waals surface area contributed by atoms with Crippen LogP contribution in [-0.4, -0.2) is 18.3 Å². The Kier molecular flexibility index (Phi) is 5.32. The molecule has 92 valence electrons. The minimum atomic E-state index is 0.194. The fraction of sp³-hybridized carbons (Fsp3) is 0.667. The number of furan rings is 1. The molecule has 16 heavy (non-hydrogen) atoms. The maximum absolute atomic E-state index is 8.79. The van der Waals surface area contributed by atoms with E-state index in [1.807, 2.05) is 6.07 Å². The van der Waals surface area contributed by atoms with Crippen molar-refractivity contribution in [3.05, 3.63) is 23.1 Å². The molecule has 3 nitrogen and oxygen atoms in total. The molecule has 0 spiro atoms. The number of halogens is 1. The van der Waals surface area contributed by atoms with Crippen LogP contribution in [0.5, 0.6) is 0 Å². The summed E-state index contributed by atoms with van der Waals surface area (Å²) in [5.74, 6) is 0.850. The Morgan fingerprint density at radius 3 is 2.75 bits per heavy atom. The molecule has 1 aromatic rings. The molecule has 0 unspecified atom stereocenters. The summed E-state index contributed by atoms with van der Waals surface area (Å²) in [6.07, 6.45) is 1.86. The van der Waals surface area contributed by atoms with Crippen LogP contribution in [0.25, 0.3) is 0 Å². The molecule has 0 aliphatic heterocycles. The number of aliphatic hydroxyl groups excluding tert-OH is 1. The van der Waals surface area contributed by atoms with Crippen molar-refractivity contribution in [2.45, 2.75) is 33.2 Å². The van der Waals surface area contributed by atoms with E-state index in [-0.39, 0.29) is 12.0 Å². The van der Waals surface area contributed by atoms with Gasteiger partial charge in [0.05, 0.1) is 6.54 Å². The topological polar surface area (TPSA) is 45.4 Å². The zero-order chi connectivity index (χ0) is 12.0. The first-order chi connectivity index (χ1) is 7.53. The van der Waals surface area contributed by atoms with Crippen molar-refractivity contribution < 1.29 is 9.52 Å². The minimum absolute atomic E-state index is 0.194. The number of aliphatic hydroxyl groups is 1. The molecule has 4 heteroatoms. The lowest BCUT2D eigenvalue weighted by Gasteiger charge is -2.24. The molecule has 0 saturated heterocycles. The first kappa shape index (κ1) is 13.6. The van der Waals surface area contributed by atoms with Crippen LogP contribution in [0.2, 0.25) is 5.22 Å². The molecule has 0 aliphatic rings. The molecule has 0 atom stereocenters. The van der Waals surface area contributed by atoms with E-state index in [0.717, 1.165) is 25.1 Å². The highest BCUT2D eigenvalue weighted by Crippen LogP contribution is 2.21. The second-order valence-electron chi connectivity index (χ2n) is 4.80. The highest BCUT2D eigenvalue weighted by Gasteiger charge is 2.16. The van der Waals surface area contributed by atoms with Crippen molar-refractivity contribution in [2.24, 2.45) is 5.41 Å². The van der Waals surface area contributed by atoms with Gasteiger partial charge in [-0.25, -0.2) is 0 Å². The fourth-order valence-corrected chi connectivity index (χ4v) is 1.78. The quantitative estimate of drug-likeness (QED) is 0.777. The Labute approximate surface area is 102 Å². The Morgan fingerprint density at radius 1 is 1.44 bits per heavy atom. The predicted molar refractivity (Wildman–Crippen MR) is 65.5 cm³/mol. The second kappa shape index (κ2) is 6.28.